The van der Waals surface area contributed by atoms with Crippen molar-refractivity contribution in [2.45, 2.75) is 26.2 Å². The zero-order valence-corrected chi connectivity index (χ0v) is 11.7. The third-order valence-corrected chi connectivity index (χ3v) is 3.64. The van der Waals surface area contributed by atoms with Crippen LogP contribution in [0.25, 0.3) is 22.0 Å². The van der Waals surface area contributed by atoms with E-state index in [-0.39, 0.29) is 5.41 Å². The number of aromatic amines is 1. The Morgan fingerprint density at radius 1 is 0.789 bits per heavy atom. The largest absolute Gasteiger partial charge is 0.361 e. The third-order valence-electron chi connectivity index (χ3n) is 3.64. The highest BCUT2D eigenvalue weighted by Gasteiger charge is 2.13. The van der Waals surface area contributed by atoms with E-state index in [9.17, 15) is 0 Å². The number of H-pyrrole nitrogens is 1. The van der Waals surface area contributed by atoms with Crippen LogP contribution in [0, 0.1) is 0 Å². The lowest BCUT2D eigenvalue weighted by Crippen LogP contribution is -2.10. The van der Waals surface area contributed by atoms with Crippen LogP contribution >= 0.6 is 0 Å². The van der Waals surface area contributed by atoms with Crippen molar-refractivity contribution in [1.29, 1.82) is 0 Å². The molecular formula is C18H19N. The Morgan fingerprint density at radius 3 is 2.16 bits per heavy atom. The van der Waals surface area contributed by atoms with Crippen molar-refractivity contribution in [1.82, 2.24) is 4.98 Å². The quantitative estimate of drug-likeness (QED) is 0.615. The second-order valence-corrected chi connectivity index (χ2v) is 6.11. The molecule has 0 radical (unpaired) electrons. The lowest BCUT2D eigenvalue weighted by atomic mass is 9.86. The van der Waals surface area contributed by atoms with Gasteiger partial charge in [-0.15, -0.1) is 0 Å². The van der Waals surface area contributed by atoms with E-state index in [0.29, 0.717) is 0 Å². The first-order valence-electron chi connectivity index (χ1n) is 6.72. The van der Waals surface area contributed by atoms with Gasteiger partial charge in [-0.3, -0.25) is 0 Å². The molecule has 1 aromatic heterocycles. The highest BCUT2D eigenvalue weighted by molar-refractivity contribution is 5.84. The molecule has 2 aromatic carbocycles. The van der Waals surface area contributed by atoms with E-state index < -0.39 is 0 Å². The van der Waals surface area contributed by atoms with Gasteiger partial charge in [-0.05, 0) is 39.6 Å². The smallest absolute Gasteiger partial charge is 0.0460 e. The van der Waals surface area contributed by atoms with E-state index in [1.807, 2.05) is 6.20 Å². The second-order valence-electron chi connectivity index (χ2n) is 6.11. The number of nitrogens with one attached hydrogen (secondary N) is 1. The summed E-state index contributed by atoms with van der Waals surface area (Å²) in [4.78, 5) is 3.27. The average Bonchev–Trinajstić information content (AvgIpc) is 2.85. The van der Waals surface area contributed by atoms with Crippen LogP contribution in [0.3, 0.4) is 0 Å². The number of fused-ring (bicyclic) bond motifs is 1. The SMILES string of the molecule is CC(C)(C)c1ccc(-c2ccc3cc[nH]c3c2)cc1. The van der Waals surface area contributed by atoms with Gasteiger partial charge in [0.15, 0.2) is 0 Å². The first-order valence-corrected chi connectivity index (χ1v) is 6.72. The minimum atomic E-state index is 0.210. The molecule has 0 aliphatic heterocycles. The van der Waals surface area contributed by atoms with E-state index in [2.05, 4.69) is 74.3 Å². The molecule has 0 saturated heterocycles. The second kappa shape index (κ2) is 4.27. The van der Waals surface area contributed by atoms with Crippen molar-refractivity contribution in [2.24, 2.45) is 0 Å². The predicted octanol–water partition coefficient (Wildman–Crippen LogP) is 5.13. The number of benzene rings is 2. The summed E-state index contributed by atoms with van der Waals surface area (Å²) in [7, 11) is 0. The molecule has 3 aromatic rings. The van der Waals surface area contributed by atoms with Gasteiger partial charge in [-0.2, -0.15) is 0 Å². The van der Waals surface area contributed by atoms with Gasteiger partial charge in [-0.1, -0.05) is 57.2 Å². The molecule has 0 bridgehead atoms. The Hall–Kier alpha value is -2.02. The molecule has 0 amide bonds. The third kappa shape index (κ3) is 2.28. The molecule has 1 heterocycles. The summed E-state index contributed by atoms with van der Waals surface area (Å²) in [5, 5.41) is 1.26. The molecule has 0 unspecified atom stereocenters. The molecule has 0 aliphatic rings. The molecule has 0 saturated carbocycles. The van der Waals surface area contributed by atoms with Crippen molar-refractivity contribution < 1.29 is 0 Å². The number of rotatable bonds is 1. The van der Waals surface area contributed by atoms with E-state index in [1.165, 1.54) is 27.6 Å². The Balaban J connectivity index is 2.01. The zero-order valence-electron chi connectivity index (χ0n) is 11.7. The molecule has 0 atom stereocenters. The van der Waals surface area contributed by atoms with Crippen molar-refractivity contribution in [3.8, 4) is 11.1 Å². The minimum Gasteiger partial charge on any atom is -0.361 e. The van der Waals surface area contributed by atoms with Crippen LogP contribution in [0.1, 0.15) is 26.3 Å². The molecule has 0 spiro atoms. The normalized spacial score (nSPS) is 11.9. The Labute approximate surface area is 114 Å². The fourth-order valence-electron chi connectivity index (χ4n) is 2.39. The van der Waals surface area contributed by atoms with Crippen molar-refractivity contribution in [2.75, 3.05) is 0 Å². The van der Waals surface area contributed by atoms with Crippen molar-refractivity contribution in [3.05, 3.63) is 60.3 Å². The lowest BCUT2D eigenvalue weighted by molar-refractivity contribution is 0.590. The highest BCUT2D eigenvalue weighted by atomic mass is 14.7. The molecule has 1 heteroatoms. The van der Waals surface area contributed by atoms with Gasteiger partial charge >= 0.3 is 0 Å². The van der Waals surface area contributed by atoms with E-state index in [4.69, 9.17) is 0 Å². The monoisotopic (exact) mass is 249 g/mol. The fraction of sp³-hybridized carbons (Fsp3) is 0.222. The van der Waals surface area contributed by atoms with Gasteiger partial charge in [0.1, 0.15) is 0 Å². The van der Waals surface area contributed by atoms with Gasteiger partial charge in [0, 0.05) is 11.7 Å². The van der Waals surface area contributed by atoms with Gasteiger partial charge in [0.05, 0.1) is 0 Å². The molecule has 1 nitrogen and oxygen atoms in total. The molecule has 19 heavy (non-hydrogen) atoms. The van der Waals surface area contributed by atoms with E-state index >= 15 is 0 Å². The Kier molecular flexibility index (Phi) is 2.70. The summed E-state index contributed by atoms with van der Waals surface area (Å²) >= 11 is 0. The maximum Gasteiger partial charge on any atom is 0.0460 e. The topological polar surface area (TPSA) is 15.8 Å². The first-order chi connectivity index (χ1) is 9.04. The van der Waals surface area contributed by atoms with Crippen molar-refractivity contribution in [3.63, 3.8) is 0 Å². The summed E-state index contributed by atoms with van der Waals surface area (Å²) in [6, 6.07) is 17.5. The van der Waals surface area contributed by atoms with Crippen LogP contribution in [-0.4, -0.2) is 4.98 Å². The maximum absolute atomic E-state index is 3.27. The summed E-state index contributed by atoms with van der Waals surface area (Å²) in [5.74, 6) is 0. The molecule has 0 aliphatic carbocycles. The summed E-state index contributed by atoms with van der Waals surface area (Å²) in [5.41, 5.74) is 5.30. The van der Waals surface area contributed by atoms with Crippen LogP contribution in [0.2, 0.25) is 0 Å². The van der Waals surface area contributed by atoms with Gasteiger partial charge in [0.2, 0.25) is 0 Å². The highest BCUT2D eigenvalue weighted by Crippen LogP contribution is 2.27. The van der Waals surface area contributed by atoms with Gasteiger partial charge < -0.3 is 4.98 Å². The number of aromatic nitrogens is 1. The Morgan fingerprint density at radius 2 is 1.47 bits per heavy atom. The molecule has 0 fully saturated rings. The fourth-order valence-corrected chi connectivity index (χ4v) is 2.39. The van der Waals surface area contributed by atoms with Crippen molar-refractivity contribution >= 4 is 10.9 Å². The van der Waals surface area contributed by atoms with Crippen LogP contribution in [0.5, 0.6) is 0 Å². The Bertz CT molecular complexity index is 696. The summed E-state index contributed by atoms with van der Waals surface area (Å²) < 4.78 is 0. The lowest BCUT2D eigenvalue weighted by Gasteiger charge is -2.19. The van der Waals surface area contributed by atoms with E-state index in [1.54, 1.807) is 0 Å². The van der Waals surface area contributed by atoms with Crippen LogP contribution in [-0.2, 0) is 5.41 Å². The summed E-state index contributed by atoms with van der Waals surface area (Å²) in [6.07, 6.45) is 1.98. The number of hydrogen-bond acceptors (Lipinski definition) is 0. The standard InChI is InChI=1S/C18H19N/c1-18(2,3)16-8-6-13(7-9-16)15-5-4-14-10-11-19-17(14)12-15/h4-12,19H,1-3H3. The first kappa shape index (κ1) is 12.0. The van der Waals surface area contributed by atoms with Gasteiger partial charge in [-0.25, -0.2) is 0 Å². The van der Waals surface area contributed by atoms with Crippen LogP contribution in [0.15, 0.2) is 54.7 Å². The maximum atomic E-state index is 3.27. The molecule has 1 N–H and O–H groups in total. The number of hydrogen-bond donors (Lipinski definition) is 1. The van der Waals surface area contributed by atoms with Crippen LogP contribution in [0.4, 0.5) is 0 Å². The zero-order chi connectivity index (χ0) is 13.5. The van der Waals surface area contributed by atoms with Crippen LogP contribution < -0.4 is 0 Å². The molecule has 3 rings (SSSR count). The van der Waals surface area contributed by atoms with E-state index in [0.717, 1.165) is 0 Å². The molecular weight excluding hydrogens is 230 g/mol. The summed E-state index contributed by atoms with van der Waals surface area (Å²) in [6.45, 7) is 6.73. The minimum absolute atomic E-state index is 0.210. The van der Waals surface area contributed by atoms with Gasteiger partial charge in [0.25, 0.3) is 0 Å². The average molecular weight is 249 g/mol. The predicted molar refractivity (Wildman–Crippen MR) is 82.4 cm³/mol. The molecule has 96 valence electrons.